The van der Waals surface area contributed by atoms with E-state index in [-0.39, 0.29) is 9.90 Å². The van der Waals surface area contributed by atoms with E-state index in [1.165, 1.54) is 0 Å². The van der Waals surface area contributed by atoms with Crippen molar-refractivity contribution in [1.29, 1.82) is 0 Å². The zero-order chi connectivity index (χ0) is 12.3. The predicted molar refractivity (Wildman–Crippen MR) is 75.4 cm³/mol. The lowest BCUT2D eigenvalue weighted by Gasteiger charge is -2.22. The molecule has 0 aliphatic rings. The van der Waals surface area contributed by atoms with Crippen LogP contribution in [0.2, 0.25) is 15.2 Å². The first-order valence-corrected chi connectivity index (χ1v) is 7.02. The molecule has 2 nitrogen and oxygen atoms in total. The van der Waals surface area contributed by atoms with Crippen molar-refractivity contribution in [2.75, 3.05) is 18.1 Å². The number of pyridine rings is 1. The molecule has 1 aromatic rings. The summed E-state index contributed by atoms with van der Waals surface area (Å²) in [6, 6.07) is 1.59. The van der Waals surface area contributed by atoms with Gasteiger partial charge < -0.3 is 5.32 Å². The molecule has 0 amide bonds. The van der Waals surface area contributed by atoms with Crippen molar-refractivity contribution in [3.8, 4) is 0 Å². The summed E-state index contributed by atoms with van der Waals surface area (Å²) in [4.78, 5) is 4.09. The predicted octanol–water partition coefficient (Wildman–Crippen LogP) is 4.60. The fourth-order valence-corrected chi connectivity index (χ4v) is 1.72. The topological polar surface area (TPSA) is 24.9 Å². The smallest absolute Gasteiger partial charge is 0.150 e. The number of rotatable bonds is 4. The third-order valence-corrected chi connectivity index (χ3v) is 4.33. The molecule has 0 aliphatic carbocycles. The zero-order valence-corrected chi connectivity index (χ0v) is 12.4. The molecular weight excluding hydrogens is 287 g/mol. The summed E-state index contributed by atoms with van der Waals surface area (Å²) in [5.41, 5.74) is 0. The maximum Gasteiger partial charge on any atom is 0.150 e. The minimum absolute atomic E-state index is 0.108. The highest BCUT2D eigenvalue weighted by Crippen LogP contribution is 2.30. The molecule has 1 N–H and O–H groups in total. The molecule has 0 unspecified atom stereocenters. The monoisotopic (exact) mass is 298 g/mol. The largest absolute Gasteiger partial charge is 0.367 e. The van der Waals surface area contributed by atoms with Gasteiger partial charge in [-0.1, -0.05) is 34.8 Å². The first-order chi connectivity index (χ1) is 7.35. The van der Waals surface area contributed by atoms with Crippen LogP contribution in [0.3, 0.4) is 0 Å². The molecule has 0 aliphatic heterocycles. The van der Waals surface area contributed by atoms with Gasteiger partial charge in [0.15, 0.2) is 0 Å². The highest BCUT2D eigenvalue weighted by Gasteiger charge is 2.17. The molecule has 0 atom stereocenters. The molecule has 0 bridgehead atoms. The Hall–Kier alpha value is 0.170. The summed E-state index contributed by atoms with van der Waals surface area (Å²) in [5.74, 6) is 0.568. The molecule has 90 valence electrons. The van der Waals surface area contributed by atoms with Crippen molar-refractivity contribution in [3.05, 3.63) is 21.3 Å². The van der Waals surface area contributed by atoms with Crippen LogP contribution in [0.1, 0.15) is 13.8 Å². The van der Waals surface area contributed by atoms with E-state index in [1.807, 2.05) is 0 Å². The number of anilines is 1. The van der Waals surface area contributed by atoms with Crippen LogP contribution >= 0.6 is 46.6 Å². The second-order valence-corrected chi connectivity index (χ2v) is 6.59. The summed E-state index contributed by atoms with van der Waals surface area (Å²) in [6.07, 6.45) is 2.06. The molecule has 0 fully saturated rings. The third kappa shape index (κ3) is 3.88. The minimum Gasteiger partial charge on any atom is -0.367 e. The van der Waals surface area contributed by atoms with Crippen LogP contribution in [-0.2, 0) is 0 Å². The molecule has 1 heterocycles. The molecule has 0 saturated heterocycles. The number of hydrogen-bond acceptors (Lipinski definition) is 3. The Labute approximate surface area is 115 Å². The van der Waals surface area contributed by atoms with Crippen molar-refractivity contribution in [3.63, 3.8) is 0 Å². The van der Waals surface area contributed by atoms with Crippen LogP contribution in [0.25, 0.3) is 0 Å². The number of aromatic nitrogens is 1. The van der Waals surface area contributed by atoms with Gasteiger partial charge in [0.2, 0.25) is 0 Å². The molecule has 6 heteroatoms. The first-order valence-electron chi connectivity index (χ1n) is 4.66. The van der Waals surface area contributed by atoms with E-state index in [1.54, 1.807) is 17.8 Å². The molecular formula is C10H13Cl3N2S. The van der Waals surface area contributed by atoms with Crippen LogP contribution in [0.4, 0.5) is 5.82 Å². The summed E-state index contributed by atoms with van der Waals surface area (Å²) in [7, 11) is 0. The van der Waals surface area contributed by atoms with Gasteiger partial charge in [-0.05, 0) is 26.2 Å². The van der Waals surface area contributed by atoms with Gasteiger partial charge in [0.1, 0.15) is 11.0 Å². The van der Waals surface area contributed by atoms with Crippen molar-refractivity contribution in [1.82, 2.24) is 4.98 Å². The Morgan fingerprint density at radius 1 is 1.31 bits per heavy atom. The maximum atomic E-state index is 6.00. The Balaban J connectivity index is 2.79. The van der Waals surface area contributed by atoms with E-state index in [9.17, 15) is 0 Å². The van der Waals surface area contributed by atoms with Crippen molar-refractivity contribution < 1.29 is 0 Å². The van der Waals surface area contributed by atoms with Crippen molar-refractivity contribution >= 4 is 52.4 Å². The second kappa shape index (κ2) is 5.67. The molecule has 16 heavy (non-hydrogen) atoms. The molecule has 1 rings (SSSR count). The standard InChI is InChI=1S/C10H13Cl3N2S/c1-10(2,16-3)5-14-9-7(12)4-6(11)8(13)15-9/h4H,5H2,1-3H3,(H,14,15). The van der Waals surface area contributed by atoms with Gasteiger partial charge in [0.05, 0.1) is 10.0 Å². The summed E-state index contributed by atoms with van der Waals surface area (Å²) < 4.78 is 0.108. The molecule has 1 aromatic heterocycles. The van der Waals surface area contributed by atoms with Crippen LogP contribution in [0.5, 0.6) is 0 Å². The highest BCUT2D eigenvalue weighted by atomic mass is 35.5. The van der Waals surface area contributed by atoms with Crippen molar-refractivity contribution in [2.45, 2.75) is 18.6 Å². The Bertz CT molecular complexity index is 383. The van der Waals surface area contributed by atoms with Crippen LogP contribution in [-0.4, -0.2) is 22.5 Å². The molecule has 0 radical (unpaired) electrons. The van der Waals surface area contributed by atoms with E-state index in [4.69, 9.17) is 34.8 Å². The lowest BCUT2D eigenvalue weighted by Crippen LogP contribution is -2.26. The molecule has 0 saturated carbocycles. The lowest BCUT2D eigenvalue weighted by molar-refractivity contribution is 0.750. The average Bonchev–Trinajstić information content (AvgIpc) is 2.22. The summed E-state index contributed by atoms with van der Waals surface area (Å²) in [5, 5.41) is 4.27. The number of nitrogens with one attached hydrogen (secondary N) is 1. The number of halogens is 3. The van der Waals surface area contributed by atoms with E-state index < -0.39 is 0 Å². The minimum atomic E-state index is 0.108. The van der Waals surface area contributed by atoms with E-state index in [2.05, 4.69) is 30.4 Å². The average molecular weight is 300 g/mol. The Kier molecular flexibility index (Phi) is 5.05. The van der Waals surface area contributed by atoms with Gasteiger partial charge in [-0.2, -0.15) is 11.8 Å². The SMILES string of the molecule is CSC(C)(C)CNc1nc(Cl)c(Cl)cc1Cl. The summed E-state index contributed by atoms with van der Waals surface area (Å²) >= 11 is 19.4. The number of nitrogens with zero attached hydrogens (tertiary/aromatic N) is 1. The van der Waals surface area contributed by atoms with Gasteiger partial charge in [-0.3, -0.25) is 0 Å². The molecule has 0 aromatic carbocycles. The van der Waals surface area contributed by atoms with E-state index in [0.29, 0.717) is 15.9 Å². The summed E-state index contributed by atoms with van der Waals surface area (Å²) in [6.45, 7) is 5.02. The van der Waals surface area contributed by atoms with Gasteiger partial charge >= 0.3 is 0 Å². The lowest BCUT2D eigenvalue weighted by atomic mass is 10.2. The first kappa shape index (κ1) is 14.2. The van der Waals surface area contributed by atoms with Crippen molar-refractivity contribution in [2.24, 2.45) is 0 Å². The Morgan fingerprint density at radius 2 is 1.94 bits per heavy atom. The molecule has 0 spiro atoms. The number of thioether (sulfide) groups is 1. The third-order valence-electron chi connectivity index (χ3n) is 2.12. The van der Waals surface area contributed by atoms with Crippen LogP contribution < -0.4 is 5.32 Å². The fraction of sp³-hybridized carbons (Fsp3) is 0.500. The van der Waals surface area contributed by atoms with Crippen LogP contribution in [0, 0.1) is 0 Å². The number of hydrogen-bond donors (Lipinski definition) is 1. The van der Waals surface area contributed by atoms with Gasteiger partial charge in [-0.15, -0.1) is 0 Å². The fourth-order valence-electron chi connectivity index (χ4n) is 0.937. The van der Waals surface area contributed by atoms with Gasteiger partial charge in [-0.25, -0.2) is 4.98 Å². The normalized spacial score (nSPS) is 11.6. The van der Waals surface area contributed by atoms with Gasteiger partial charge in [0, 0.05) is 11.3 Å². The van der Waals surface area contributed by atoms with Crippen LogP contribution in [0.15, 0.2) is 6.07 Å². The Morgan fingerprint density at radius 3 is 2.50 bits per heavy atom. The van der Waals surface area contributed by atoms with E-state index in [0.717, 1.165) is 6.54 Å². The second-order valence-electron chi connectivity index (χ2n) is 3.91. The van der Waals surface area contributed by atoms with E-state index >= 15 is 0 Å². The zero-order valence-electron chi connectivity index (χ0n) is 9.27. The highest BCUT2D eigenvalue weighted by molar-refractivity contribution is 7.99. The maximum absolute atomic E-state index is 6.00. The van der Waals surface area contributed by atoms with Gasteiger partial charge in [0.25, 0.3) is 0 Å². The quantitative estimate of drug-likeness (QED) is 0.823.